The van der Waals surface area contributed by atoms with Gasteiger partial charge in [-0.25, -0.2) is 0 Å². The van der Waals surface area contributed by atoms with Crippen molar-refractivity contribution in [2.45, 2.75) is 19.8 Å². The van der Waals surface area contributed by atoms with Crippen molar-refractivity contribution in [1.82, 2.24) is 0 Å². The Morgan fingerprint density at radius 3 is 2.43 bits per heavy atom. The molecule has 0 saturated heterocycles. The number of nitrogens with one attached hydrogen (secondary N) is 1. The van der Waals surface area contributed by atoms with Gasteiger partial charge in [0.2, 0.25) is 5.91 Å². The Morgan fingerprint density at radius 2 is 1.87 bits per heavy atom. The van der Waals surface area contributed by atoms with Crippen molar-refractivity contribution in [2.75, 3.05) is 12.4 Å². The lowest BCUT2D eigenvalue weighted by Crippen LogP contribution is -2.19. The second kappa shape index (κ2) is 6.91. The van der Waals surface area contributed by atoms with E-state index in [1.165, 1.54) is 12.1 Å². The number of amides is 1. The number of hydrogen-bond donors (Lipinski definition) is 1. The monoisotopic (exact) mass is 314 g/mol. The Labute approximate surface area is 134 Å². The van der Waals surface area contributed by atoms with E-state index < -0.39 is 10.8 Å². The van der Waals surface area contributed by atoms with E-state index in [0.29, 0.717) is 17.0 Å². The highest BCUT2D eigenvalue weighted by Gasteiger charge is 2.18. The van der Waals surface area contributed by atoms with Gasteiger partial charge in [0, 0.05) is 12.1 Å². The molecule has 1 atom stereocenters. The van der Waals surface area contributed by atoms with Crippen molar-refractivity contribution in [3.05, 3.63) is 63.7 Å². The number of anilines is 1. The average Bonchev–Trinajstić information content (AvgIpc) is 2.54. The smallest absolute Gasteiger partial charge is 0.269 e. The number of ether oxygens (including phenoxy) is 1. The summed E-state index contributed by atoms with van der Waals surface area (Å²) in [4.78, 5) is 22.6. The molecule has 0 radical (unpaired) electrons. The topological polar surface area (TPSA) is 81.5 Å². The molecule has 0 fully saturated rings. The summed E-state index contributed by atoms with van der Waals surface area (Å²) in [5.74, 6) is -0.0661. The maximum absolute atomic E-state index is 12.4. The molecule has 1 amide bonds. The Morgan fingerprint density at radius 1 is 1.22 bits per heavy atom. The number of carbonyl (C=O) groups excluding carboxylic acids is 1. The van der Waals surface area contributed by atoms with Crippen LogP contribution in [0.25, 0.3) is 0 Å². The van der Waals surface area contributed by atoms with Crippen LogP contribution in [-0.2, 0) is 4.79 Å². The minimum absolute atomic E-state index is 0.00158. The number of nitro groups is 1. The van der Waals surface area contributed by atoms with Gasteiger partial charge in [-0.2, -0.15) is 0 Å². The molecule has 1 N–H and O–H groups in total. The van der Waals surface area contributed by atoms with E-state index in [2.05, 4.69) is 5.32 Å². The Hall–Kier alpha value is -2.89. The number of carbonyl (C=O) groups is 1. The summed E-state index contributed by atoms with van der Waals surface area (Å²) in [5.41, 5.74) is 2.32. The number of benzene rings is 2. The molecular formula is C17H18N2O4. The van der Waals surface area contributed by atoms with Crippen LogP contribution in [0.15, 0.2) is 42.5 Å². The molecule has 6 heteroatoms. The van der Waals surface area contributed by atoms with Crippen LogP contribution in [0.2, 0.25) is 0 Å². The largest absolute Gasteiger partial charge is 0.495 e. The molecule has 0 aliphatic carbocycles. The van der Waals surface area contributed by atoms with Crippen molar-refractivity contribution >= 4 is 17.3 Å². The first-order valence-corrected chi connectivity index (χ1v) is 7.12. The highest BCUT2D eigenvalue weighted by Crippen LogP contribution is 2.27. The lowest BCUT2D eigenvalue weighted by Gasteiger charge is -2.15. The number of hydrogen-bond acceptors (Lipinski definition) is 4. The van der Waals surface area contributed by atoms with Gasteiger partial charge in [0.05, 0.1) is 23.6 Å². The molecule has 0 saturated carbocycles. The van der Waals surface area contributed by atoms with E-state index >= 15 is 0 Å². The quantitative estimate of drug-likeness (QED) is 0.674. The number of rotatable bonds is 5. The molecule has 23 heavy (non-hydrogen) atoms. The SMILES string of the molecule is COc1ccc(C)cc1NC(=O)[C@H](C)c1ccc([N+](=O)[O-])cc1. The molecule has 6 nitrogen and oxygen atoms in total. The minimum atomic E-state index is -0.466. The Balaban J connectivity index is 2.17. The molecule has 0 unspecified atom stereocenters. The zero-order chi connectivity index (χ0) is 17.0. The molecule has 0 aromatic heterocycles. The molecule has 2 aromatic carbocycles. The van der Waals surface area contributed by atoms with Crippen LogP contribution in [0.3, 0.4) is 0 Å². The van der Waals surface area contributed by atoms with Crippen LogP contribution >= 0.6 is 0 Å². The van der Waals surface area contributed by atoms with E-state index in [0.717, 1.165) is 5.56 Å². The van der Waals surface area contributed by atoms with Crippen molar-refractivity contribution in [3.8, 4) is 5.75 Å². The number of methoxy groups -OCH3 is 1. The predicted octanol–water partition coefficient (Wildman–Crippen LogP) is 3.65. The molecule has 2 rings (SSSR count). The van der Waals surface area contributed by atoms with Crippen molar-refractivity contribution in [1.29, 1.82) is 0 Å². The van der Waals surface area contributed by atoms with Gasteiger partial charge in [0.15, 0.2) is 0 Å². The summed E-state index contributed by atoms with van der Waals surface area (Å²) in [6.45, 7) is 3.67. The Bertz CT molecular complexity index is 726. The zero-order valence-electron chi connectivity index (χ0n) is 13.2. The minimum Gasteiger partial charge on any atom is -0.495 e. The normalized spacial score (nSPS) is 11.6. The standard InChI is InChI=1S/C17H18N2O4/c1-11-4-9-16(23-3)15(10-11)18-17(20)12(2)13-5-7-14(8-6-13)19(21)22/h4-10,12H,1-3H3,(H,18,20)/t12-/m1/s1. The molecule has 0 bridgehead atoms. The maximum Gasteiger partial charge on any atom is 0.269 e. The van der Waals surface area contributed by atoms with Crippen LogP contribution in [0.4, 0.5) is 11.4 Å². The summed E-state index contributed by atoms with van der Waals surface area (Å²) >= 11 is 0. The van der Waals surface area contributed by atoms with Crippen LogP contribution in [-0.4, -0.2) is 17.9 Å². The first-order chi connectivity index (χ1) is 10.9. The molecular weight excluding hydrogens is 296 g/mol. The molecule has 0 aliphatic rings. The van der Waals surface area contributed by atoms with E-state index in [4.69, 9.17) is 4.74 Å². The predicted molar refractivity (Wildman–Crippen MR) is 87.9 cm³/mol. The second-order valence-corrected chi connectivity index (χ2v) is 5.26. The third-order valence-corrected chi connectivity index (χ3v) is 3.61. The fourth-order valence-electron chi connectivity index (χ4n) is 2.20. The first kappa shape index (κ1) is 16.5. The van der Waals surface area contributed by atoms with Crippen molar-refractivity contribution < 1.29 is 14.5 Å². The average molecular weight is 314 g/mol. The number of aryl methyl sites for hydroxylation is 1. The first-order valence-electron chi connectivity index (χ1n) is 7.12. The molecule has 0 spiro atoms. The highest BCUT2D eigenvalue weighted by molar-refractivity contribution is 5.96. The van der Waals surface area contributed by atoms with Gasteiger partial charge in [-0.3, -0.25) is 14.9 Å². The van der Waals surface area contributed by atoms with Gasteiger partial charge in [0.25, 0.3) is 5.69 Å². The molecule has 0 heterocycles. The fourth-order valence-corrected chi connectivity index (χ4v) is 2.20. The summed E-state index contributed by atoms with van der Waals surface area (Å²) in [7, 11) is 1.54. The number of nitro benzene ring substituents is 1. The van der Waals surface area contributed by atoms with Crippen LogP contribution in [0, 0.1) is 17.0 Å². The summed E-state index contributed by atoms with van der Waals surface area (Å²) in [6, 6.07) is 11.5. The van der Waals surface area contributed by atoms with E-state index in [1.807, 2.05) is 19.1 Å². The third kappa shape index (κ3) is 3.85. The fraction of sp³-hybridized carbons (Fsp3) is 0.235. The number of non-ortho nitro benzene ring substituents is 1. The van der Waals surface area contributed by atoms with Crippen LogP contribution in [0.1, 0.15) is 24.0 Å². The second-order valence-electron chi connectivity index (χ2n) is 5.26. The molecule has 2 aromatic rings. The van der Waals surface area contributed by atoms with Gasteiger partial charge < -0.3 is 10.1 Å². The molecule has 0 aliphatic heterocycles. The summed E-state index contributed by atoms with van der Waals surface area (Å²) < 4.78 is 5.24. The highest BCUT2D eigenvalue weighted by atomic mass is 16.6. The maximum atomic E-state index is 12.4. The van der Waals surface area contributed by atoms with Gasteiger partial charge in [0.1, 0.15) is 5.75 Å². The summed E-state index contributed by atoms with van der Waals surface area (Å²) in [5, 5.41) is 13.5. The van der Waals surface area contributed by atoms with Gasteiger partial charge >= 0.3 is 0 Å². The third-order valence-electron chi connectivity index (χ3n) is 3.61. The van der Waals surface area contributed by atoms with E-state index in [-0.39, 0.29) is 11.6 Å². The van der Waals surface area contributed by atoms with Crippen LogP contribution in [0.5, 0.6) is 5.75 Å². The van der Waals surface area contributed by atoms with Gasteiger partial charge in [-0.05, 0) is 37.1 Å². The zero-order valence-corrected chi connectivity index (χ0v) is 13.2. The number of nitrogens with zero attached hydrogens (tertiary/aromatic N) is 1. The van der Waals surface area contributed by atoms with Gasteiger partial charge in [-0.15, -0.1) is 0 Å². The van der Waals surface area contributed by atoms with Crippen LogP contribution < -0.4 is 10.1 Å². The Kier molecular flexibility index (Phi) is 4.95. The van der Waals surface area contributed by atoms with Crippen molar-refractivity contribution in [3.63, 3.8) is 0 Å². The van der Waals surface area contributed by atoms with Crippen molar-refractivity contribution in [2.24, 2.45) is 0 Å². The van der Waals surface area contributed by atoms with Gasteiger partial charge in [-0.1, -0.05) is 18.2 Å². The lowest BCUT2D eigenvalue weighted by molar-refractivity contribution is -0.384. The lowest BCUT2D eigenvalue weighted by atomic mass is 10.00. The van der Waals surface area contributed by atoms with E-state index in [9.17, 15) is 14.9 Å². The molecule has 120 valence electrons. The summed E-state index contributed by atoms with van der Waals surface area (Å²) in [6.07, 6.45) is 0. The van der Waals surface area contributed by atoms with E-state index in [1.54, 1.807) is 32.2 Å².